The molecule has 0 amide bonds. The molecule has 172 valence electrons. The highest BCUT2D eigenvalue weighted by Crippen LogP contribution is 2.29. The predicted molar refractivity (Wildman–Crippen MR) is 120 cm³/mol. The third-order valence-corrected chi connectivity index (χ3v) is 5.85. The summed E-state index contributed by atoms with van der Waals surface area (Å²) in [6, 6.07) is 0.182. The van der Waals surface area contributed by atoms with Gasteiger partial charge in [0, 0.05) is 31.5 Å². The monoisotopic (exact) mass is 427 g/mol. The molecule has 2 nitrogen and oxygen atoms in total. The second kappa shape index (κ2) is 11.7. The summed E-state index contributed by atoms with van der Waals surface area (Å²) in [5, 5.41) is 3.50. The Morgan fingerprint density at radius 1 is 1.30 bits per heavy atom. The van der Waals surface area contributed by atoms with Crippen LogP contribution in [0.15, 0.2) is 46.9 Å². The molecule has 5 heteroatoms. The zero-order valence-electron chi connectivity index (χ0n) is 19.7. The van der Waals surface area contributed by atoms with Crippen molar-refractivity contribution in [1.82, 2.24) is 5.32 Å². The molecule has 1 rings (SSSR count). The Hall–Kier alpha value is -1.65. The topological polar surface area (TPSA) is 21.3 Å². The Balaban J connectivity index is 2.54. The quantitative estimate of drug-likeness (QED) is 0.326. The van der Waals surface area contributed by atoms with Crippen molar-refractivity contribution in [2.45, 2.75) is 92.3 Å². The molecule has 0 aromatic carbocycles. The molecule has 0 saturated heterocycles. The molecule has 1 aliphatic carbocycles. The number of hydrogen-bond acceptors (Lipinski definition) is 2. The molecule has 0 radical (unpaired) electrons. The number of ether oxygens (including phenoxy) is 1. The normalized spacial score (nSPS) is 19.9. The Morgan fingerprint density at radius 2 is 1.93 bits per heavy atom. The van der Waals surface area contributed by atoms with E-state index < -0.39 is 18.7 Å². The van der Waals surface area contributed by atoms with Gasteiger partial charge in [-0.1, -0.05) is 43.7 Å². The van der Waals surface area contributed by atoms with Crippen molar-refractivity contribution in [2.24, 2.45) is 11.8 Å². The zero-order valence-corrected chi connectivity index (χ0v) is 19.7. The van der Waals surface area contributed by atoms with Crippen LogP contribution in [0.5, 0.6) is 0 Å². The maximum absolute atomic E-state index is 13.7. The molecule has 3 unspecified atom stereocenters. The van der Waals surface area contributed by atoms with E-state index in [9.17, 15) is 13.2 Å². The molecule has 0 aliphatic heterocycles. The van der Waals surface area contributed by atoms with E-state index in [0.29, 0.717) is 24.5 Å². The fourth-order valence-electron chi connectivity index (χ4n) is 3.43. The lowest BCUT2D eigenvalue weighted by molar-refractivity contribution is -0.0460. The van der Waals surface area contributed by atoms with Crippen LogP contribution >= 0.6 is 0 Å². The average molecular weight is 428 g/mol. The van der Waals surface area contributed by atoms with Gasteiger partial charge in [0.25, 0.3) is 5.92 Å². The summed E-state index contributed by atoms with van der Waals surface area (Å²) >= 11 is 0. The molecule has 30 heavy (non-hydrogen) atoms. The number of halogens is 3. The SMILES string of the molecule is C=C(NC(C)C(C)CCC(OCC(C)(F)F)=C(C)C)C(C)CC1=C(C)C=C[C@H](F)C1. The lowest BCUT2D eigenvalue weighted by Crippen LogP contribution is -2.33. The molecule has 0 bridgehead atoms. The van der Waals surface area contributed by atoms with E-state index in [1.54, 1.807) is 6.08 Å². The third kappa shape index (κ3) is 9.44. The van der Waals surface area contributed by atoms with Crippen LogP contribution in [0.1, 0.15) is 74.1 Å². The van der Waals surface area contributed by atoms with E-state index >= 15 is 0 Å². The van der Waals surface area contributed by atoms with Gasteiger partial charge in [0.15, 0.2) is 6.61 Å². The molecular formula is C25H40F3NO. The van der Waals surface area contributed by atoms with E-state index in [0.717, 1.165) is 42.2 Å². The Labute approximate surface area is 181 Å². The van der Waals surface area contributed by atoms with Crippen LogP contribution in [0.3, 0.4) is 0 Å². The molecule has 1 aliphatic rings. The maximum atomic E-state index is 13.7. The average Bonchev–Trinajstić information content (AvgIpc) is 2.62. The number of alkyl halides is 3. The highest BCUT2D eigenvalue weighted by Gasteiger charge is 2.24. The summed E-state index contributed by atoms with van der Waals surface area (Å²) in [5.41, 5.74) is 4.18. The van der Waals surface area contributed by atoms with Crippen molar-refractivity contribution in [3.63, 3.8) is 0 Å². The summed E-state index contributed by atoms with van der Waals surface area (Å²) < 4.78 is 45.3. The van der Waals surface area contributed by atoms with Crippen LogP contribution in [0.2, 0.25) is 0 Å². The molecule has 1 N–H and O–H groups in total. The maximum Gasteiger partial charge on any atom is 0.278 e. The highest BCUT2D eigenvalue weighted by molar-refractivity contribution is 5.30. The molecule has 0 saturated carbocycles. The van der Waals surface area contributed by atoms with E-state index in [1.165, 1.54) is 0 Å². The molecule has 0 spiro atoms. The summed E-state index contributed by atoms with van der Waals surface area (Å²) in [6.07, 6.45) is 5.31. The minimum atomic E-state index is -2.83. The molecule has 0 aromatic rings. The number of allylic oxidation sites excluding steroid dienone is 7. The minimum absolute atomic E-state index is 0.182. The van der Waals surface area contributed by atoms with Crippen LogP contribution in [-0.2, 0) is 4.74 Å². The second-order valence-corrected chi connectivity index (χ2v) is 9.23. The molecular weight excluding hydrogens is 387 g/mol. The van der Waals surface area contributed by atoms with Crippen LogP contribution in [0.4, 0.5) is 13.2 Å². The van der Waals surface area contributed by atoms with Crippen molar-refractivity contribution < 1.29 is 17.9 Å². The van der Waals surface area contributed by atoms with Gasteiger partial charge in [0.1, 0.15) is 6.17 Å². The molecule has 0 fully saturated rings. The van der Waals surface area contributed by atoms with Gasteiger partial charge in [-0.25, -0.2) is 13.2 Å². The highest BCUT2D eigenvalue weighted by atomic mass is 19.3. The van der Waals surface area contributed by atoms with E-state index in [1.807, 2.05) is 26.8 Å². The van der Waals surface area contributed by atoms with Gasteiger partial charge in [0.2, 0.25) is 0 Å². The first kappa shape index (κ1) is 26.4. The predicted octanol–water partition coefficient (Wildman–Crippen LogP) is 7.50. The summed E-state index contributed by atoms with van der Waals surface area (Å²) in [6.45, 7) is 16.6. The second-order valence-electron chi connectivity index (χ2n) is 9.23. The number of nitrogens with one attached hydrogen (secondary N) is 1. The first-order valence-electron chi connectivity index (χ1n) is 10.9. The van der Waals surface area contributed by atoms with Gasteiger partial charge in [-0.2, -0.15) is 0 Å². The Bertz CT molecular complexity index is 668. The van der Waals surface area contributed by atoms with Gasteiger partial charge < -0.3 is 10.1 Å². The summed E-state index contributed by atoms with van der Waals surface area (Å²) in [4.78, 5) is 0. The Morgan fingerprint density at radius 3 is 2.50 bits per heavy atom. The molecule has 0 heterocycles. The van der Waals surface area contributed by atoms with Crippen molar-refractivity contribution in [1.29, 1.82) is 0 Å². The number of hydrogen-bond donors (Lipinski definition) is 1. The largest absolute Gasteiger partial charge is 0.492 e. The number of rotatable bonds is 12. The van der Waals surface area contributed by atoms with Gasteiger partial charge in [-0.15, -0.1) is 0 Å². The van der Waals surface area contributed by atoms with Crippen molar-refractivity contribution in [3.8, 4) is 0 Å². The third-order valence-electron chi connectivity index (χ3n) is 5.85. The molecule has 0 aromatic heterocycles. The van der Waals surface area contributed by atoms with E-state index in [2.05, 4.69) is 32.7 Å². The van der Waals surface area contributed by atoms with Crippen LogP contribution in [0.25, 0.3) is 0 Å². The van der Waals surface area contributed by atoms with Gasteiger partial charge in [0.05, 0.1) is 5.76 Å². The lowest BCUT2D eigenvalue weighted by Gasteiger charge is -2.28. The van der Waals surface area contributed by atoms with E-state index in [4.69, 9.17) is 4.74 Å². The van der Waals surface area contributed by atoms with Crippen LogP contribution < -0.4 is 5.32 Å². The van der Waals surface area contributed by atoms with Crippen LogP contribution in [-0.4, -0.2) is 24.7 Å². The first-order valence-corrected chi connectivity index (χ1v) is 10.9. The van der Waals surface area contributed by atoms with Crippen molar-refractivity contribution in [3.05, 3.63) is 46.9 Å². The first-order chi connectivity index (χ1) is 13.8. The van der Waals surface area contributed by atoms with Crippen molar-refractivity contribution in [2.75, 3.05) is 6.61 Å². The smallest absolute Gasteiger partial charge is 0.278 e. The van der Waals surface area contributed by atoms with Gasteiger partial charge in [-0.3, -0.25) is 0 Å². The van der Waals surface area contributed by atoms with Crippen LogP contribution in [0, 0.1) is 11.8 Å². The summed E-state index contributed by atoms with van der Waals surface area (Å²) in [5.74, 6) is -1.68. The zero-order chi connectivity index (χ0) is 23.1. The van der Waals surface area contributed by atoms with Gasteiger partial charge in [-0.05, 0) is 57.9 Å². The van der Waals surface area contributed by atoms with E-state index in [-0.39, 0.29) is 12.0 Å². The summed E-state index contributed by atoms with van der Waals surface area (Å²) in [7, 11) is 0. The standard InChI is InChI=1S/C25H40F3NO/c1-16(2)24(30-15-25(8,27)28)12-10-17(3)20(6)29-21(7)19(5)13-22-14-23(26)11-9-18(22)4/h9,11,17,19-20,23,29H,7,10,12-15H2,1-6,8H3/t17?,19?,20?,23-/m0/s1. The van der Waals surface area contributed by atoms with Gasteiger partial charge >= 0.3 is 0 Å². The fraction of sp³-hybridized carbons (Fsp3) is 0.680. The fourth-order valence-corrected chi connectivity index (χ4v) is 3.43. The minimum Gasteiger partial charge on any atom is -0.492 e. The Kier molecular flexibility index (Phi) is 10.3. The lowest BCUT2D eigenvalue weighted by atomic mass is 9.88. The van der Waals surface area contributed by atoms with Crippen molar-refractivity contribution >= 4 is 0 Å². The molecule has 4 atom stereocenters.